The number of hydrogen-bond donors (Lipinski definition) is 0. The molecule has 1 atom stereocenters. The van der Waals surface area contributed by atoms with Gasteiger partial charge in [-0.05, 0) is 64.2 Å². The van der Waals surface area contributed by atoms with Crippen molar-refractivity contribution in [2.75, 3.05) is 31.1 Å². The number of ether oxygens (including phenoxy) is 1. The summed E-state index contributed by atoms with van der Waals surface area (Å²) >= 11 is 1.80. The summed E-state index contributed by atoms with van der Waals surface area (Å²) in [5, 5.41) is 0.852. The summed E-state index contributed by atoms with van der Waals surface area (Å²) in [4.78, 5) is 30.7. The molecule has 4 rings (SSSR count). The van der Waals surface area contributed by atoms with Crippen LogP contribution in [-0.2, 0) is 17.6 Å². The Morgan fingerprint density at radius 1 is 1.20 bits per heavy atom. The van der Waals surface area contributed by atoms with Crippen molar-refractivity contribution < 1.29 is 9.53 Å². The lowest BCUT2D eigenvalue weighted by atomic mass is 9.87. The monoisotopic (exact) mass is 428 g/mol. The van der Waals surface area contributed by atoms with E-state index in [-0.39, 0.29) is 11.5 Å². The van der Waals surface area contributed by atoms with Gasteiger partial charge in [-0.2, -0.15) is 0 Å². The molecule has 1 fully saturated rings. The standard InChI is InChI=1S/C24H32N2O3S/c1-5-16-6-8-18-20(14-16)30-21-15-17(7-9-19(21)22(18)27)25-10-12-26(13-11-25)23(28)29-24(2,3)4/h7,9,15-16H,5-6,8,10-14H2,1-4H3. The number of nitrogens with zero attached hydrogens (tertiary/aromatic N) is 2. The van der Waals surface area contributed by atoms with Gasteiger partial charge in [0.1, 0.15) is 5.60 Å². The third-order valence-corrected chi connectivity index (χ3v) is 7.42. The van der Waals surface area contributed by atoms with Gasteiger partial charge < -0.3 is 14.5 Å². The lowest BCUT2D eigenvalue weighted by molar-refractivity contribution is 0.0240. The molecule has 0 bridgehead atoms. The summed E-state index contributed by atoms with van der Waals surface area (Å²) in [6.45, 7) is 10.7. The second-order valence-corrected chi connectivity index (χ2v) is 10.6. The van der Waals surface area contributed by atoms with E-state index >= 15 is 0 Å². The second-order valence-electron chi connectivity index (χ2n) is 9.48. The van der Waals surface area contributed by atoms with Crippen LogP contribution in [0.4, 0.5) is 10.5 Å². The van der Waals surface area contributed by atoms with Crippen molar-refractivity contribution >= 4 is 33.2 Å². The minimum Gasteiger partial charge on any atom is -0.444 e. The fourth-order valence-electron chi connectivity index (χ4n) is 4.42. The molecular formula is C24H32N2O3S. The molecule has 1 aromatic heterocycles. The summed E-state index contributed by atoms with van der Waals surface area (Å²) in [7, 11) is 0. The number of benzene rings is 1. The Kier molecular flexibility index (Phi) is 5.80. The van der Waals surface area contributed by atoms with Gasteiger partial charge in [0.05, 0.1) is 0 Å². The van der Waals surface area contributed by atoms with Crippen LogP contribution < -0.4 is 10.3 Å². The van der Waals surface area contributed by atoms with Crippen molar-refractivity contribution in [1.82, 2.24) is 4.90 Å². The number of amides is 1. The first-order valence-corrected chi connectivity index (χ1v) is 11.9. The summed E-state index contributed by atoms with van der Waals surface area (Å²) in [5.74, 6) is 0.703. The third kappa shape index (κ3) is 4.34. The number of anilines is 1. The van der Waals surface area contributed by atoms with Gasteiger partial charge in [-0.1, -0.05) is 13.3 Å². The molecule has 0 radical (unpaired) electrons. The lowest BCUT2D eigenvalue weighted by Gasteiger charge is -2.36. The number of carbonyl (C=O) groups is 1. The van der Waals surface area contributed by atoms with E-state index in [4.69, 9.17) is 4.74 Å². The van der Waals surface area contributed by atoms with Crippen LogP contribution in [0.15, 0.2) is 23.0 Å². The number of hydrogen-bond acceptors (Lipinski definition) is 5. The predicted octanol–water partition coefficient (Wildman–Crippen LogP) is 4.83. The highest BCUT2D eigenvalue weighted by Crippen LogP contribution is 2.33. The fraction of sp³-hybridized carbons (Fsp3) is 0.583. The largest absolute Gasteiger partial charge is 0.444 e. The highest BCUT2D eigenvalue weighted by atomic mass is 32.1. The SMILES string of the molecule is CCC1CCc2c(sc3cc(N4CCN(C(=O)OC(C)(C)C)CC4)ccc3c2=O)C1. The van der Waals surface area contributed by atoms with Crippen molar-refractivity contribution in [1.29, 1.82) is 0 Å². The Morgan fingerprint density at radius 3 is 2.60 bits per heavy atom. The molecule has 1 unspecified atom stereocenters. The Morgan fingerprint density at radius 2 is 1.93 bits per heavy atom. The van der Waals surface area contributed by atoms with Crippen molar-refractivity contribution in [3.8, 4) is 0 Å². The molecule has 1 aliphatic carbocycles. The van der Waals surface area contributed by atoms with E-state index in [1.807, 2.05) is 26.8 Å². The molecule has 30 heavy (non-hydrogen) atoms. The molecule has 0 spiro atoms. The Balaban J connectivity index is 1.52. The first kappa shape index (κ1) is 21.2. The molecule has 0 N–H and O–H groups in total. The van der Waals surface area contributed by atoms with Gasteiger partial charge in [-0.3, -0.25) is 4.79 Å². The quantitative estimate of drug-likeness (QED) is 0.687. The van der Waals surface area contributed by atoms with Gasteiger partial charge in [0.2, 0.25) is 0 Å². The van der Waals surface area contributed by atoms with E-state index in [9.17, 15) is 9.59 Å². The second kappa shape index (κ2) is 8.22. The average molecular weight is 429 g/mol. The summed E-state index contributed by atoms with van der Waals surface area (Å²) < 4.78 is 6.58. The van der Waals surface area contributed by atoms with Gasteiger partial charge in [-0.25, -0.2) is 4.79 Å². The van der Waals surface area contributed by atoms with Gasteiger partial charge in [0, 0.05) is 52.4 Å². The van der Waals surface area contributed by atoms with E-state index in [0.29, 0.717) is 19.0 Å². The number of piperazine rings is 1. The lowest BCUT2D eigenvalue weighted by Crippen LogP contribution is -2.50. The maximum Gasteiger partial charge on any atom is 0.410 e. The van der Waals surface area contributed by atoms with Gasteiger partial charge >= 0.3 is 6.09 Å². The van der Waals surface area contributed by atoms with Crippen LogP contribution in [0.5, 0.6) is 0 Å². The predicted molar refractivity (Wildman–Crippen MR) is 124 cm³/mol. The summed E-state index contributed by atoms with van der Waals surface area (Å²) in [6, 6.07) is 6.22. The molecule has 2 heterocycles. The summed E-state index contributed by atoms with van der Waals surface area (Å²) in [6.07, 6.45) is 4.04. The Labute approximate surface area is 182 Å². The molecule has 1 amide bonds. The molecule has 162 valence electrons. The molecular weight excluding hydrogens is 396 g/mol. The maximum atomic E-state index is 13.0. The zero-order valence-corrected chi connectivity index (χ0v) is 19.3. The van der Waals surface area contributed by atoms with Gasteiger partial charge in [0.25, 0.3) is 0 Å². The molecule has 1 aliphatic heterocycles. The number of fused-ring (bicyclic) bond motifs is 2. The maximum absolute atomic E-state index is 13.0. The Bertz CT molecular complexity index is 1000. The molecule has 2 aromatic rings. The number of rotatable bonds is 2. The van der Waals surface area contributed by atoms with E-state index < -0.39 is 5.60 Å². The first-order chi connectivity index (χ1) is 14.2. The average Bonchev–Trinajstić information content (AvgIpc) is 2.72. The van der Waals surface area contributed by atoms with Crippen molar-refractivity contribution in [2.45, 2.75) is 59.0 Å². The molecule has 5 nitrogen and oxygen atoms in total. The third-order valence-electron chi connectivity index (χ3n) is 6.20. The zero-order chi connectivity index (χ0) is 21.5. The minimum absolute atomic E-state index is 0.231. The van der Waals surface area contributed by atoms with Crippen LogP contribution in [0.1, 0.15) is 51.0 Å². The highest BCUT2D eigenvalue weighted by Gasteiger charge is 2.26. The van der Waals surface area contributed by atoms with Crippen LogP contribution in [0.3, 0.4) is 0 Å². The minimum atomic E-state index is -0.472. The molecule has 1 saturated heterocycles. The molecule has 2 aliphatic rings. The van der Waals surface area contributed by atoms with E-state index in [1.165, 1.54) is 11.3 Å². The van der Waals surface area contributed by atoms with E-state index in [1.54, 1.807) is 16.2 Å². The van der Waals surface area contributed by atoms with Crippen molar-refractivity contribution in [2.24, 2.45) is 5.92 Å². The fourth-order valence-corrected chi connectivity index (χ4v) is 5.77. The smallest absolute Gasteiger partial charge is 0.410 e. The topological polar surface area (TPSA) is 49.9 Å². The van der Waals surface area contributed by atoms with Crippen LogP contribution in [-0.4, -0.2) is 42.8 Å². The van der Waals surface area contributed by atoms with Crippen molar-refractivity contribution in [3.63, 3.8) is 0 Å². The molecule has 1 aromatic carbocycles. The van der Waals surface area contributed by atoms with Crippen LogP contribution in [0, 0.1) is 5.92 Å². The number of carbonyl (C=O) groups excluding carboxylic acids is 1. The first-order valence-electron chi connectivity index (χ1n) is 11.1. The molecule has 6 heteroatoms. The highest BCUT2D eigenvalue weighted by molar-refractivity contribution is 7.18. The van der Waals surface area contributed by atoms with Gasteiger partial charge in [-0.15, -0.1) is 11.3 Å². The zero-order valence-electron chi connectivity index (χ0n) is 18.5. The normalized spacial score (nSPS) is 19.7. The van der Waals surface area contributed by atoms with Crippen LogP contribution >= 0.6 is 11.3 Å². The van der Waals surface area contributed by atoms with Gasteiger partial charge in [0.15, 0.2) is 5.43 Å². The van der Waals surface area contributed by atoms with E-state index in [2.05, 4.69) is 24.0 Å². The van der Waals surface area contributed by atoms with Crippen LogP contribution in [0.25, 0.3) is 10.1 Å². The van der Waals surface area contributed by atoms with Crippen molar-refractivity contribution in [3.05, 3.63) is 38.9 Å². The molecule has 0 saturated carbocycles. The Hall–Kier alpha value is -2.08. The summed E-state index contributed by atoms with van der Waals surface area (Å²) in [5.41, 5.74) is 1.94. The van der Waals surface area contributed by atoms with E-state index in [0.717, 1.165) is 53.7 Å². The van der Waals surface area contributed by atoms with Crippen LogP contribution in [0.2, 0.25) is 0 Å².